The van der Waals surface area contributed by atoms with Crippen molar-refractivity contribution in [1.29, 1.82) is 5.26 Å². The van der Waals surface area contributed by atoms with Crippen molar-refractivity contribution in [2.75, 3.05) is 11.4 Å². The first-order valence-electron chi connectivity index (χ1n) is 9.86. The van der Waals surface area contributed by atoms with Gasteiger partial charge in [-0.1, -0.05) is 54.6 Å². The molecule has 0 unspecified atom stereocenters. The monoisotopic (exact) mass is 408 g/mol. The van der Waals surface area contributed by atoms with Crippen molar-refractivity contribution in [2.24, 2.45) is 10.2 Å². The Kier molecular flexibility index (Phi) is 5.81. The van der Waals surface area contributed by atoms with Gasteiger partial charge in [-0.25, -0.2) is 0 Å². The van der Waals surface area contributed by atoms with Crippen molar-refractivity contribution in [3.05, 3.63) is 84.6 Å². The third kappa shape index (κ3) is 4.05. The van der Waals surface area contributed by atoms with Crippen LogP contribution < -0.4 is 4.90 Å². The first-order chi connectivity index (χ1) is 15.2. The van der Waals surface area contributed by atoms with E-state index in [1.54, 1.807) is 21.9 Å². The van der Waals surface area contributed by atoms with E-state index in [9.17, 15) is 4.79 Å². The van der Waals surface area contributed by atoms with Gasteiger partial charge in [0, 0.05) is 29.4 Å². The number of carbonyl (C=O) groups excluding carboxylic acids is 1. The Bertz CT molecular complexity index is 1220. The van der Waals surface area contributed by atoms with Crippen LogP contribution in [0.5, 0.6) is 0 Å². The smallest absolute Gasteiger partial charge is 0.279 e. The Balaban J connectivity index is 1.68. The topological polar surface area (TPSA) is 86.6 Å². The lowest BCUT2D eigenvalue weighted by Gasteiger charge is -2.13. The van der Waals surface area contributed by atoms with E-state index < -0.39 is 0 Å². The molecule has 1 aromatic heterocycles. The molecule has 152 valence electrons. The summed E-state index contributed by atoms with van der Waals surface area (Å²) in [5, 5.41) is 21.9. The minimum atomic E-state index is -0.203. The van der Waals surface area contributed by atoms with E-state index in [0.717, 1.165) is 28.1 Å². The van der Waals surface area contributed by atoms with Gasteiger partial charge in [-0.05, 0) is 6.07 Å². The average molecular weight is 408 g/mol. The number of fused-ring (bicyclic) bond motifs is 1. The molecule has 7 nitrogen and oxygen atoms in total. The Morgan fingerprint density at radius 1 is 1.13 bits per heavy atom. The molecule has 2 aromatic carbocycles. The van der Waals surface area contributed by atoms with Crippen molar-refractivity contribution in [3.63, 3.8) is 0 Å². The summed E-state index contributed by atoms with van der Waals surface area (Å²) >= 11 is 0. The second kappa shape index (κ2) is 9.01. The fourth-order valence-electron chi connectivity index (χ4n) is 3.45. The number of aromatic nitrogens is 2. The number of aryl methyl sites for hydroxylation is 1. The van der Waals surface area contributed by atoms with Crippen LogP contribution in [0.25, 0.3) is 11.3 Å². The van der Waals surface area contributed by atoms with Crippen molar-refractivity contribution in [2.45, 2.75) is 13.0 Å². The van der Waals surface area contributed by atoms with Gasteiger partial charge in [0.25, 0.3) is 5.91 Å². The van der Waals surface area contributed by atoms with E-state index in [4.69, 9.17) is 5.26 Å². The molecular weight excluding hydrogens is 388 g/mol. The summed E-state index contributed by atoms with van der Waals surface area (Å²) in [5.74, 6) is -0.203. The zero-order valence-electron chi connectivity index (χ0n) is 16.8. The highest BCUT2D eigenvalue weighted by molar-refractivity contribution is 6.54. The number of anilines is 1. The summed E-state index contributed by atoms with van der Waals surface area (Å²) in [6.45, 7) is 4.62. The van der Waals surface area contributed by atoms with Crippen LogP contribution in [-0.2, 0) is 11.3 Å². The molecule has 0 fully saturated rings. The maximum Gasteiger partial charge on any atom is 0.279 e. The molecule has 0 atom stereocenters. The standard InChI is InChI=1S/C24H20N6O/c1-2-14-30-21-12-7-6-11-20(21)23(24(30)31)27-26-16-19-17-29(15-8-13-25)28-22(19)18-9-4-3-5-10-18/h2-7,9-12,16-17H,1,8,14-15H2/b26-16-,27-23+. The number of hydrogen-bond donors (Lipinski definition) is 0. The van der Waals surface area contributed by atoms with Crippen LogP contribution in [0.15, 0.2) is 83.7 Å². The molecule has 0 spiro atoms. The molecule has 1 aliphatic heterocycles. The molecule has 1 aliphatic rings. The van der Waals surface area contributed by atoms with Gasteiger partial charge in [0.15, 0.2) is 5.71 Å². The normalized spacial score (nSPS) is 14.2. The van der Waals surface area contributed by atoms with E-state index in [-0.39, 0.29) is 5.91 Å². The molecule has 3 aromatic rings. The SMILES string of the molecule is C=CCN1C(=O)/C(=N/N=C\c2cn(CCC#N)nc2-c2ccccc2)c2ccccc21. The largest absolute Gasteiger partial charge is 0.302 e. The molecular formula is C24H20N6O. The van der Waals surface area contributed by atoms with Crippen molar-refractivity contribution >= 4 is 23.5 Å². The molecule has 0 bridgehead atoms. The van der Waals surface area contributed by atoms with Crippen molar-refractivity contribution < 1.29 is 4.79 Å². The summed E-state index contributed by atoms with van der Waals surface area (Å²) in [5.41, 5.74) is 4.29. The van der Waals surface area contributed by atoms with E-state index in [2.05, 4.69) is 27.9 Å². The molecule has 0 radical (unpaired) electrons. The van der Waals surface area contributed by atoms with Crippen LogP contribution in [0.4, 0.5) is 5.69 Å². The maximum absolute atomic E-state index is 12.8. The number of benzene rings is 2. The van der Waals surface area contributed by atoms with Crippen LogP contribution in [0.3, 0.4) is 0 Å². The second-order valence-corrected chi connectivity index (χ2v) is 6.89. The highest BCUT2D eigenvalue weighted by atomic mass is 16.2. The Labute approximate surface area is 180 Å². The van der Waals surface area contributed by atoms with Crippen LogP contribution in [0, 0.1) is 11.3 Å². The highest BCUT2D eigenvalue weighted by Crippen LogP contribution is 2.29. The first kappa shape index (κ1) is 20.0. The number of amides is 1. The van der Waals surface area contributed by atoms with Crippen LogP contribution in [0.1, 0.15) is 17.5 Å². The Morgan fingerprint density at radius 3 is 2.68 bits per heavy atom. The summed E-state index contributed by atoms with van der Waals surface area (Å²) in [7, 11) is 0. The summed E-state index contributed by atoms with van der Waals surface area (Å²) in [4.78, 5) is 14.5. The number of nitriles is 1. The zero-order valence-corrected chi connectivity index (χ0v) is 16.8. The lowest BCUT2D eigenvalue weighted by molar-refractivity contribution is -0.112. The zero-order chi connectivity index (χ0) is 21.6. The molecule has 0 saturated carbocycles. The van der Waals surface area contributed by atoms with Gasteiger partial charge in [0.05, 0.1) is 30.9 Å². The van der Waals surface area contributed by atoms with E-state index in [0.29, 0.717) is 25.2 Å². The molecule has 4 rings (SSSR count). The van der Waals surface area contributed by atoms with Crippen LogP contribution in [-0.4, -0.2) is 34.2 Å². The van der Waals surface area contributed by atoms with Gasteiger partial charge in [0.2, 0.25) is 0 Å². The van der Waals surface area contributed by atoms with Gasteiger partial charge in [-0.3, -0.25) is 9.48 Å². The maximum atomic E-state index is 12.8. The molecule has 0 aliphatic carbocycles. The number of para-hydroxylation sites is 1. The van der Waals surface area contributed by atoms with Crippen LogP contribution in [0.2, 0.25) is 0 Å². The second-order valence-electron chi connectivity index (χ2n) is 6.89. The average Bonchev–Trinajstić information content (AvgIpc) is 3.33. The summed E-state index contributed by atoms with van der Waals surface area (Å²) in [6.07, 6.45) is 5.47. The van der Waals surface area contributed by atoms with Gasteiger partial charge in [-0.15, -0.1) is 11.7 Å². The number of hydrogen-bond acceptors (Lipinski definition) is 5. The lowest BCUT2D eigenvalue weighted by Crippen LogP contribution is -2.30. The number of rotatable bonds is 7. The van der Waals surface area contributed by atoms with E-state index >= 15 is 0 Å². The molecule has 0 saturated heterocycles. The van der Waals surface area contributed by atoms with Crippen LogP contribution >= 0.6 is 0 Å². The van der Waals surface area contributed by atoms with Crippen molar-refractivity contribution in [3.8, 4) is 17.3 Å². The third-order valence-corrected chi connectivity index (χ3v) is 4.85. The van der Waals surface area contributed by atoms with Gasteiger partial charge in [0.1, 0.15) is 5.69 Å². The number of carbonyl (C=O) groups is 1. The lowest BCUT2D eigenvalue weighted by atomic mass is 10.1. The first-order valence-corrected chi connectivity index (χ1v) is 9.86. The summed E-state index contributed by atoms with van der Waals surface area (Å²) in [6, 6.07) is 19.4. The molecule has 31 heavy (non-hydrogen) atoms. The van der Waals surface area contributed by atoms with E-state index in [1.165, 1.54) is 0 Å². The minimum absolute atomic E-state index is 0.203. The predicted molar refractivity (Wildman–Crippen MR) is 121 cm³/mol. The van der Waals surface area contributed by atoms with Crippen molar-refractivity contribution in [1.82, 2.24) is 9.78 Å². The van der Waals surface area contributed by atoms with Gasteiger partial charge >= 0.3 is 0 Å². The molecule has 1 amide bonds. The van der Waals surface area contributed by atoms with Gasteiger partial charge < -0.3 is 4.90 Å². The Hall–Kier alpha value is -4.31. The summed E-state index contributed by atoms with van der Waals surface area (Å²) < 4.78 is 1.72. The fourth-order valence-corrected chi connectivity index (χ4v) is 3.45. The fraction of sp³-hybridized carbons (Fsp3) is 0.125. The predicted octanol–water partition coefficient (Wildman–Crippen LogP) is 3.82. The van der Waals surface area contributed by atoms with Gasteiger partial charge in [-0.2, -0.15) is 15.5 Å². The Morgan fingerprint density at radius 2 is 1.90 bits per heavy atom. The quantitative estimate of drug-likeness (QED) is 0.338. The number of nitrogens with zero attached hydrogens (tertiary/aromatic N) is 6. The molecule has 0 N–H and O–H groups in total. The minimum Gasteiger partial charge on any atom is -0.302 e. The van der Waals surface area contributed by atoms with E-state index in [1.807, 2.05) is 60.8 Å². The molecule has 2 heterocycles. The molecule has 7 heteroatoms. The highest BCUT2D eigenvalue weighted by Gasteiger charge is 2.33. The third-order valence-electron chi connectivity index (χ3n) is 4.85.